The van der Waals surface area contributed by atoms with E-state index in [4.69, 9.17) is 10.5 Å². The third-order valence-electron chi connectivity index (χ3n) is 1.93. The topological polar surface area (TPSA) is 35.2 Å². The standard InChI is InChI=1S/C11H16FNO/c1-2-3-4-14-11-6-9(8-13)5-10(12)7-11/h5-7H,2-4,8,13H2,1H3. The van der Waals surface area contributed by atoms with E-state index in [0.717, 1.165) is 18.4 Å². The summed E-state index contributed by atoms with van der Waals surface area (Å²) < 4.78 is 18.4. The molecule has 0 aromatic heterocycles. The maximum absolute atomic E-state index is 13.0. The van der Waals surface area contributed by atoms with Crippen molar-refractivity contribution < 1.29 is 9.13 Å². The molecule has 0 spiro atoms. The summed E-state index contributed by atoms with van der Waals surface area (Å²) in [7, 11) is 0. The Kier molecular flexibility index (Phi) is 4.40. The smallest absolute Gasteiger partial charge is 0.127 e. The van der Waals surface area contributed by atoms with Gasteiger partial charge in [-0.25, -0.2) is 4.39 Å². The van der Waals surface area contributed by atoms with Crippen LogP contribution in [0.15, 0.2) is 18.2 Å². The summed E-state index contributed by atoms with van der Waals surface area (Å²) in [4.78, 5) is 0. The Hall–Kier alpha value is -1.09. The Morgan fingerprint density at radius 1 is 1.36 bits per heavy atom. The molecule has 0 fully saturated rings. The molecular weight excluding hydrogens is 181 g/mol. The maximum Gasteiger partial charge on any atom is 0.127 e. The van der Waals surface area contributed by atoms with Gasteiger partial charge in [-0.05, 0) is 24.1 Å². The molecule has 2 nitrogen and oxygen atoms in total. The zero-order chi connectivity index (χ0) is 10.4. The summed E-state index contributed by atoms with van der Waals surface area (Å²) in [5, 5.41) is 0. The number of unbranched alkanes of at least 4 members (excludes halogenated alkanes) is 1. The molecule has 0 bridgehead atoms. The predicted molar refractivity (Wildman–Crippen MR) is 54.7 cm³/mol. The first kappa shape index (κ1) is 11.0. The van der Waals surface area contributed by atoms with Gasteiger partial charge in [0, 0.05) is 12.6 Å². The van der Waals surface area contributed by atoms with E-state index < -0.39 is 0 Å². The van der Waals surface area contributed by atoms with Gasteiger partial charge in [0.15, 0.2) is 0 Å². The zero-order valence-corrected chi connectivity index (χ0v) is 8.42. The third-order valence-corrected chi connectivity index (χ3v) is 1.93. The van der Waals surface area contributed by atoms with Crippen LogP contribution in [0.1, 0.15) is 25.3 Å². The molecule has 0 aliphatic rings. The van der Waals surface area contributed by atoms with Gasteiger partial charge >= 0.3 is 0 Å². The second-order valence-electron chi connectivity index (χ2n) is 3.20. The number of benzene rings is 1. The monoisotopic (exact) mass is 197 g/mol. The lowest BCUT2D eigenvalue weighted by molar-refractivity contribution is 0.307. The minimum Gasteiger partial charge on any atom is -0.493 e. The minimum atomic E-state index is -0.292. The molecule has 2 N–H and O–H groups in total. The lowest BCUT2D eigenvalue weighted by Crippen LogP contribution is -2.00. The molecule has 0 aliphatic carbocycles. The number of rotatable bonds is 5. The number of ether oxygens (including phenoxy) is 1. The highest BCUT2D eigenvalue weighted by molar-refractivity contribution is 5.29. The SMILES string of the molecule is CCCCOc1cc(F)cc(CN)c1. The highest BCUT2D eigenvalue weighted by Crippen LogP contribution is 2.16. The Balaban J connectivity index is 2.62. The molecule has 14 heavy (non-hydrogen) atoms. The number of nitrogens with two attached hydrogens (primary N) is 1. The minimum absolute atomic E-state index is 0.292. The van der Waals surface area contributed by atoms with E-state index in [2.05, 4.69) is 6.92 Å². The molecular formula is C11H16FNO. The molecule has 0 saturated carbocycles. The van der Waals surface area contributed by atoms with Crippen molar-refractivity contribution in [3.63, 3.8) is 0 Å². The first-order valence-electron chi connectivity index (χ1n) is 4.88. The summed E-state index contributed by atoms with van der Waals surface area (Å²) >= 11 is 0. The molecule has 3 heteroatoms. The fraction of sp³-hybridized carbons (Fsp3) is 0.455. The Labute approximate surface area is 83.9 Å². The van der Waals surface area contributed by atoms with Crippen molar-refractivity contribution in [2.24, 2.45) is 5.73 Å². The summed E-state index contributed by atoms with van der Waals surface area (Å²) in [6.07, 6.45) is 2.05. The summed E-state index contributed by atoms with van der Waals surface area (Å²) in [5.41, 5.74) is 6.18. The van der Waals surface area contributed by atoms with Crippen LogP contribution in [0.3, 0.4) is 0 Å². The molecule has 0 radical (unpaired) electrons. The van der Waals surface area contributed by atoms with Gasteiger partial charge in [-0.3, -0.25) is 0 Å². The van der Waals surface area contributed by atoms with Crippen molar-refractivity contribution in [2.45, 2.75) is 26.3 Å². The molecule has 0 atom stereocenters. The van der Waals surface area contributed by atoms with Crippen LogP contribution in [0.25, 0.3) is 0 Å². The largest absolute Gasteiger partial charge is 0.493 e. The van der Waals surface area contributed by atoms with Crippen LogP contribution < -0.4 is 10.5 Å². The van der Waals surface area contributed by atoms with Gasteiger partial charge in [-0.1, -0.05) is 13.3 Å². The molecule has 0 amide bonds. The molecule has 0 unspecified atom stereocenters. The van der Waals surface area contributed by atoms with Crippen LogP contribution in [0, 0.1) is 5.82 Å². The fourth-order valence-electron chi connectivity index (χ4n) is 1.16. The first-order chi connectivity index (χ1) is 6.76. The molecule has 0 heterocycles. The average Bonchev–Trinajstić information content (AvgIpc) is 2.17. The fourth-order valence-corrected chi connectivity index (χ4v) is 1.16. The summed E-state index contributed by atoms with van der Waals surface area (Å²) in [6.45, 7) is 3.05. The van der Waals surface area contributed by atoms with Crippen LogP contribution in [-0.4, -0.2) is 6.61 Å². The van der Waals surface area contributed by atoms with Crippen molar-refractivity contribution in [2.75, 3.05) is 6.61 Å². The lowest BCUT2D eigenvalue weighted by atomic mass is 10.2. The van der Waals surface area contributed by atoms with E-state index in [1.54, 1.807) is 6.07 Å². The maximum atomic E-state index is 13.0. The van der Waals surface area contributed by atoms with E-state index >= 15 is 0 Å². The number of halogens is 1. The van der Waals surface area contributed by atoms with Gasteiger partial charge in [0.1, 0.15) is 11.6 Å². The van der Waals surface area contributed by atoms with E-state index in [9.17, 15) is 4.39 Å². The van der Waals surface area contributed by atoms with E-state index in [0.29, 0.717) is 18.9 Å². The highest BCUT2D eigenvalue weighted by Gasteiger charge is 2.00. The zero-order valence-electron chi connectivity index (χ0n) is 8.42. The predicted octanol–water partition coefficient (Wildman–Crippen LogP) is 2.46. The third kappa shape index (κ3) is 3.34. The van der Waals surface area contributed by atoms with E-state index in [1.165, 1.54) is 12.1 Å². The number of hydrogen-bond acceptors (Lipinski definition) is 2. The molecule has 0 aliphatic heterocycles. The van der Waals surface area contributed by atoms with E-state index in [-0.39, 0.29) is 5.82 Å². The Bertz CT molecular complexity index is 289. The van der Waals surface area contributed by atoms with Gasteiger partial charge in [-0.15, -0.1) is 0 Å². The van der Waals surface area contributed by atoms with Gasteiger partial charge in [0.25, 0.3) is 0 Å². The van der Waals surface area contributed by atoms with Crippen molar-refractivity contribution in [3.8, 4) is 5.75 Å². The molecule has 78 valence electrons. The van der Waals surface area contributed by atoms with Crippen LogP contribution in [0.2, 0.25) is 0 Å². The van der Waals surface area contributed by atoms with Crippen LogP contribution in [0.5, 0.6) is 5.75 Å². The van der Waals surface area contributed by atoms with Crippen LogP contribution in [0.4, 0.5) is 4.39 Å². The Morgan fingerprint density at radius 2 is 2.14 bits per heavy atom. The average molecular weight is 197 g/mol. The van der Waals surface area contributed by atoms with Crippen LogP contribution in [-0.2, 0) is 6.54 Å². The summed E-state index contributed by atoms with van der Waals surface area (Å²) in [5.74, 6) is 0.276. The molecule has 1 aromatic carbocycles. The summed E-state index contributed by atoms with van der Waals surface area (Å²) in [6, 6.07) is 4.58. The normalized spacial score (nSPS) is 10.2. The van der Waals surface area contributed by atoms with Crippen molar-refractivity contribution in [3.05, 3.63) is 29.6 Å². The van der Waals surface area contributed by atoms with Crippen molar-refractivity contribution >= 4 is 0 Å². The van der Waals surface area contributed by atoms with Gasteiger partial charge in [-0.2, -0.15) is 0 Å². The first-order valence-corrected chi connectivity index (χ1v) is 4.88. The number of hydrogen-bond donors (Lipinski definition) is 1. The van der Waals surface area contributed by atoms with Gasteiger partial charge in [0.2, 0.25) is 0 Å². The second-order valence-corrected chi connectivity index (χ2v) is 3.20. The lowest BCUT2D eigenvalue weighted by Gasteiger charge is -2.06. The van der Waals surface area contributed by atoms with Crippen LogP contribution >= 0.6 is 0 Å². The Morgan fingerprint density at radius 3 is 2.79 bits per heavy atom. The second kappa shape index (κ2) is 5.60. The molecule has 1 rings (SSSR count). The van der Waals surface area contributed by atoms with Crippen molar-refractivity contribution in [1.82, 2.24) is 0 Å². The van der Waals surface area contributed by atoms with Crippen molar-refractivity contribution in [1.29, 1.82) is 0 Å². The molecule has 1 aromatic rings. The van der Waals surface area contributed by atoms with Gasteiger partial charge in [0.05, 0.1) is 6.61 Å². The highest BCUT2D eigenvalue weighted by atomic mass is 19.1. The quantitative estimate of drug-likeness (QED) is 0.736. The van der Waals surface area contributed by atoms with Gasteiger partial charge < -0.3 is 10.5 Å². The van der Waals surface area contributed by atoms with E-state index in [1.807, 2.05) is 0 Å². The molecule has 0 saturated heterocycles.